The second kappa shape index (κ2) is 7.32. The van der Waals surface area contributed by atoms with Crippen molar-refractivity contribution in [2.24, 2.45) is 0 Å². The minimum Gasteiger partial charge on any atom is -0.343 e. The van der Waals surface area contributed by atoms with Crippen LogP contribution in [0.5, 0.6) is 0 Å². The molecule has 0 aliphatic carbocycles. The third-order valence-electron chi connectivity index (χ3n) is 3.83. The number of nitrogens with zero attached hydrogens (tertiary/aromatic N) is 4. The Morgan fingerprint density at radius 1 is 1.33 bits per heavy atom. The Hall–Kier alpha value is -2.59. The molecule has 126 valence electrons. The number of rotatable bonds is 5. The van der Waals surface area contributed by atoms with E-state index in [0.29, 0.717) is 10.7 Å². The van der Waals surface area contributed by atoms with Crippen molar-refractivity contribution in [1.82, 2.24) is 9.80 Å². The summed E-state index contributed by atoms with van der Waals surface area (Å²) in [6, 6.07) is 7.26. The first-order chi connectivity index (χ1) is 11.4. The SMILES string of the molecule is CC1C(=O)N(CC(=O)N(C)CCC#N)C(=O)N1c1ccc(Cl)cc1. The van der Waals surface area contributed by atoms with E-state index in [0.717, 1.165) is 4.90 Å². The summed E-state index contributed by atoms with van der Waals surface area (Å²) in [5.74, 6) is -0.825. The first-order valence-electron chi connectivity index (χ1n) is 7.38. The van der Waals surface area contributed by atoms with Gasteiger partial charge in [0.2, 0.25) is 5.91 Å². The van der Waals surface area contributed by atoms with Gasteiger partial charge >= 0.3 is 6.03 Å². The van der Waals surface area contributed by atoms with E-state index in [2.05, 4.69) is 0 Å². The molecule has 1 atom stereocenters. The summed E-state index contributed by atoms with van der Waals surface area (Å²) in [5.41, 5.74) is 0.540. The first kappa shape index (κ1) is 17.8. The molecule has 0 saturated carbocycles. The number of nitriles is 1. The quantitative estimate of drug-likeness (QED) is 0.760. The number of amides is 4. The zero-order valence-corrected chi connectivity index (χ0v) is 14.2. The molecule has 1 fully saturated rings. The fraction of sp³-hybridized carbons (Fsp3) is 0.375. The Morgan fingerprint density at radius 2 is 1.96 bits per heavy atom. The van der Waals surface area contributed by atoms with Gasteiger partial charge in [0.1, 0.15) is 12.6 Å². The van der Waals surface area contributed by atoms with E-state index in [1.807, 2.05) is 6.07 Å². The summed E-state index contributed by atoms with van der Waals surface area (Å²) < 4.78 is 0. The molecule has 4 amide bonds. The Kier molecular flexibility index (Phi) is 5.42. The second-order valence-electron chi connectivity index (χ2n) is 5.45. The standard InChI is InChI=1S/C16H17ClN4O3/c1-11-15(23)20(10-14(22)19(2)9-3-8-18)16(24)21(11)13-6-4-12(17)5-7-13/h4-7,11H,3,9-10H2,1-2H3. The number of benzene rings is 1. The third-order valence-corrected chi connectivity index (χ3v) is 4.08. The molecule has 0 spiro atoms. The maximum atomic E-state index is 12.6. The highest BCUT2D eigenvalue weighted by atomic mass is 35.5. The number of likely N-dealkylation sites (N-methyl/N-ethyl adjacent to an activating group) is 1. The van der Waals surface area contributed by atoms with Crippen molar-refractivity contribution in [2.75, 3.05) is 25.0 Å². The van der Waals surface area contributed by atoms with Gasteiger partial charge in [-0.15, -0.1) is 0 Å². The number of imide groups is 1. The fourth-order valence-corrected chi connectivity index (χ4v) is 2.53. The van der Waals surface area contributed by atoms with E-state index in [-0.39, 0.29) is 19.5 Å². The average Bonchev–Trinajstić information content (AvgIpc) is 2.77. The highest BCUT2D eigenvalue weighted by Gasteiger charge is 2.44. The molecule has 0 aromatic heterocycles. The van der Waals surface area contributed by atoms with E-state index in [1.165, 1.54) is 16.8 Å². The number of anilines is 1. The van der Waals surface area contributed by atoms with Gasteiger partial charge in [-0.05, 0) is 31.2 Å². The molecule has 7 nitrogen and oxygen atoms in total. The van der Waals surface area contributed by atoms with Crippen LogP contribution < -0.4 is 4.90 Å². The van der Waals surface area contributed by atoms with E-state index in [1.54, 1.807) is 31.2 Å². The van der Waals surface area contributed by atoms with Crippen LogP contribution in [-0.2, 0) is 9.59 Å². The maximum absolute atomic E-state index is 12.6. The van der Waals surface area contributed by atoms with Gasteiger partial charge < -0.3 is 4.90 Å². The normalized spacial score (nSPS) is 17.2. The van der Waals surface area contributed by atoms with Crippen LogP contribution in [0.4, 0.5) is 10.5 Å². The number of carbonyl (C=O) groups is 3. The van der Waals surface area contributed by atoms with Gasteiger partial charge in [0.15, 0.2) is 0 Å². The Morgan fingerprint density at radius 3 is 2.54 bits per heavy atom. The molecule has 1 heterocycles. The van der Waals surface area contributed by atoms with Crippen LogP contribution in [0.2, 0.25) is 5.02 Å². The van der Waals surface area contributed by atoms with Crippen molar-refractivity contribution in [1.29, 1.82) is 5.26 Å². The molecule has 2 rings (SSSR count). The highest BCUT2D eigenvalue weighted by molar-refractivity contribution is 6.30. The number of carbonyl (C=O) groups excluding carboxylic acids is 3. The number of halogens is 1. The van der Waals surface area contributed by atoms with Gasteiger partial charge in [-0.2, -0.15) is 5.26 Å². The lowest BCUT2D eigenvalue weighted by Crippen LogP contribution is -2.42. The van der Waals surface area contributed by atoms with E-state index in [9.17, 15) is 14.4 Å². The molecule has 8 heteroatoms. The van der Waals surface area contributed by atoms with Crippen molar-refractivity contribution in [3.63, 3.8) is 0 Å². The van der Waals surface area contributed by atoms with Gasteiger partial charge in [-0.1, -0.05) is 11.6 Å². The lowest BCUT2D eigenvalue weighted by atomic mass is 10.2. The zero-order chi connectivity index (χ0) is 17.9. The molecular formula is C16H17ClN4O3. The van der Waals surface area contributed by atoms with Crippen LogP contribution in [0.1, 0.15) is 13.3 Å². The maximum Gasteiger partial charge on any atom is 0.332 e. The average molecular weight is 349 g/mol. The molecule has 24 heavy (non-hydrogen) atoms. The van der Waals surface area contributed by atoms with Crippen LogP contribution in [0.3, 0.4) is 0 Å². The van der Waals surface area contributed by atoms with Gasteiger partial charge in [0, 0.05) is 24.3 Å². The summed E-state index contributed by atoms with van der Waals surface area (Å²) >= 11 is 5.84. The third kappa shape index (κ3) is 3.49. The monoisotopic (exact) mass is 348 g/mol. The predicted octanol–water partition coefficient (Wildman–Crippen LogP) is 1.87. The lowest BCUT2D eigenvalue weighted by molar-refractivity contribution is -0.136. The van der Waals surface area contributed by atoms with Crippen LogP contribution in [0, 0.1) is 11.3 Å². The molecule has 1 unspecified atom stereocenters. The zero-order valence-electron chi connectivity index (χ0n) is 13.4. The van der Waals surface area contributed by atoms with Crippen LogP contribution in [-0.4, -0.2) is 53.8 Å². The Balaban J connectivity index is 2.14. The van der Waals surface area contributed by atoms with Crippen molar-refractivity contribution in [3.8, 4) is 6.07 Å². The Labute approximate surface area is 145 Å². The van der Waals surface area contributed by atoms with Crippen LogP contribution >= 0.6 is 11.6 Å². The van der Waals surface area contributed by atoms with Gasteiger partial charge in [0.05, 0.1) is 12.5 Å². The first-order valence-corrected chi connectivity index (χ1v) is 7.75. The minimum absolute atomic E-state index is 0.192. The number of urea groups is 1. The van der Waals surface area contributed by atoms with E-state index >= 15 is 0 Å². The van der Waals surface area contributed by atoms with Gasteiger partial charge in [0.25, 0.3) is 5.91 Å². The van der Waals surface area contributed by atoms with Crippen molar-refractivity contribution < 1.29 is 14.4 Å². The van der Waals surface area contributed by atoms with Crippen LogP contribution in [0.15, 0.2) is 24.3 Å². The van der Waals surface area contributed by atoms with Crippen molar-refractivity contribution in [2.45, 2.75) is 19.4 Å². The molecule has 0 radical (unpaired) electrons. The molecule has 1 saturated heterocycles. The summed E-state index contributed by atoms with van der Waals surface area (Å²) in [4.78, 5) is 40.6. The molecule has 0 bridgehead atoms. The second-order valence-corrected chi connectivity index (χ2v) is 5.89. The molecule has 1 aliphatic heterocycles. The minimum atomic E-state index is -0.698. The fourth-order valence-electron chi connectivity index (χ4n) is 2.41. The smallest absolute Gasteiger partial charge is 0.332 e. The molecular weight excluding hydrogens is 332 g/mol. The summed E-state index contributed by atoms with van der Waals surface area (Å²) in [7, 11) is 1.53. The molecule has 1 aliphatic rings. The van der Waals surface area contributed by atoms with E-state index in [4.69, 9.17) is 16.9 Å². The van der Waals surface area contributed by atoms with Crippen molar-refractivity contribution in [3.05, 3.63) is 29.3 Å². The van der Waals surface area contributed by atoms with Gasteiger partial charge in [-0.25, -0.2) is 4.79 Å². The molecule has 1 aromatic carbocycles. The van der Waals surface area contributed by atoms with E-state index < -0.39 is 23.9 Å². The topological polar surface area (TPSA) is 84.7 Å². The highest BCUT2D eigenvalue weighted by Crippen LogP contribution is 2.26. The van der Waals surface area contributed by atoms with Gasteiger partial charge in [-0.3, -0.25) is 19.4 Å². The van der Waals surface area contributed by atoms with Crippen molar-refractivity contribution >= 4 is 35.1 Å². The largest absolute Gasteiger partial charge is 0.343 e. The number of hydrogen-bond acceptors (Lipinski definition) is 4. The van der Waals surface area contributed by atoms with Crippen LogP contribution in [0.25, 0.3) is 0 Å². The molecule has 1 aromatic rings. The summed E-state index contributed by atoms with van der Waals surface area (Å²) in [6.07, 6.45) is 0.192. The summed E-state index contributed by atoms with van der Waals surface area (Å²) in [6.45, 7) is 1.52. The predicted molar refractivity (Wildman–Crippen MR) is 88.4 cm³/mol. The lowest BCUT2D eigenvalue weighted by Gasteiger charge is -2.21. The number of hydrogen-bond donors (Lipinski definition) is 0. The summed E-state index contributed by atoms with van der Waals surface area (Å²) in [5, 5.41) is 9.08. The Bertz CT molecular complexity index is 698. The molecule has 0 N–H and O–H groups in total.